The van der Waals surface area contributed by atoms with Crippen LogP contribution < -0.4 is 10.2 Å². The van der Waals surface area contributed by atoms with Gasteiger partial charge in [0, 0.05) is 13.6 Å². The van der Waals surface area contributed by atoms with Gasteiger partial charge in [0.05, 0.1) is 6.04 Å². The number of aromatic nitrogens is 2. The molecule has 2 rings (SSSR count). The van der Waals surface area contributed by atoms with Crippen LogP contribution in [0.5, 0.6) is 0 Å². The van der Waals surface area contributed by atoms with E-state index in [-0.39, 0.29) is 6.04 Å². The number of rotatable bonds is 7. The molecule has 1 aromatic rings. The second-order valence-electron chi connectivity index (χ2n) is 4.92. The SMILES string of the molecule is CCCNC(C)c1nnc(N(C)CC2CC2)o1. The van der Waals surface area contributed by atoms with Crippen molar-refractivity contribution in [2.24, 2.45) is 5.92 Å². The van der Waals surface area contributed by atoms with Gasteiger partial charge in [0.2, 0.25) is 5.89 Å². The van der Waals surface area contributed by atoms with E-state index in [4.69, 9.17) is 4.42 Å². The Morgan fingerprint density at radius 1 is 1.47 bits per heavy atom. The Balaban J connectivity index is 1.89. The van der Waals surface area contributed by atoms with Crippen molar-refractivity contribution in [3.63, 3.8) is 0 Å². The highest BCUT2D eigenvalue weighted by Crippen LogP contribution is 2.30. The fraction of sp³-hybridized carbons (Fsp3) is 0.833. The van der Waals surface area contributed by atoms with E-state index < -0.39 is 0 Å². The summed E-state index contributed by atoms with van der Waals surface area (Å²) in [6, 6.07) is 0.766. The van der Waals surface area contributed by atoms with Crippen molar-refractivity contribution in [3.8, 4) is 0 Å². The third kappa shape index (κ3) is 3.43. The minimum Gasteiger partial charge on any atom is -0.406 e. The Kier molecular flexibility index (Phi) is 3.99. The molecule has 1 saturated carbocycles. The molecule has 1 atom stereocenters. The lowest BCUT2D eigenvalue weighted by Crippen LogP contribution is -2.20. The fourth-order valence-corrected chi connectivity index (χ4v) is 1.77. The summed E-state index contributed by atoms with van der Waals surface area (Å²) >= 11 is 0. The van der Waals surface area contributed by atoms with Gasteiger partial charge in [-0.2, -0.15) is 0 Å². The van der Waals surface area contributed by atoms with Crippen molar-refractivity contribution in [1.29, 1.82) is 0 Å². The second kappa shape index (κ2) is 5.49. The maximum absolute atomic E-state index is 5.67. The van der Waals surface area contributed by atoms with Crippen LogP contribution >= 0.6 is 0 Å². The lowest BCUT2D eigenvalue weighted by atomic mass is 10.3. The van der Waals surface area contributed by atoms with Crippen molar-refractivity contribution in [2.45, 2.75) is 39.2 Å². The van der Waals surface area contributed by atoms with Crippen molar-refractivity contribution in [1.82, 2.24) is 15.5 Å². The smallest absolute Gasteiger partial charge is 0.317 e. The highest BCUT2D eigenvalue weighted by atomic mass is 16.4. The quantitative estimate of drug-likeness (QED) is 0.787. The van der Waals surface area contributed by atoms with E-state index in [2.05, 4.69) is 27.3 Å². The minimum atomic E-state index is 0.130. The molecule has 5 nitrogen and oxygen atoms in total. The normalized spacial score (nSPS) is 17.1. The lowest BCUT2D eigenvalue weighted by Gasteiger charge is -2.13. The standard InChI is InChI=1S/C12H22N4O/c1-4-7-13-9(2)11-14-15-12(17-11)16(3)8-10-5-6-10/h9-10,13H,4-8H2,1-3H3. The van der Waals surface area contributed by atoms with E-state index in [1.807, 2.05) is 14.0 Å². The summed E-state index contributed by atoms with van der Waals surface area (Å²) < 4.78 is 5.67. The molecule has 96 valence electrons. The Morgan fingerprint density at radius 3 is 2.88 bits per heavy atom. The lowest BCUT2D eigenvalue weighted by molar-refractivity contribution is 0.415. The van der Waals surface area contributed by atoms with Gasteiger partial charge in [0.15, 0.2) is 0 Å². The van der Waals surface area contributed by atoms with Crippen LogP contribution in [-0.4, -0.2) is 30.3 Å². The van der Waals surface area contributed by atoms with Crippen LogP contribution in [0.1, 0.15) is 45.0 Å². The molecule has 0 radical (unpaired) electrons. The van der Waals surface area contributed by atoms with Crippen LogP contribution in [0.4, 0.5) is 6.01 Å². The first kappa shape index (κ1) is 12.4. The predicted octanol–water partition coefficient (Wildman–Crippen LogP) is 1.98. The summed E-state index contributed by atoms with van der Waals surface area (Å²) in [6.45, 7) is 6.19. The molecule has 0 bridgehead atoms. The first-order valence-electron chi connectivity index (χ1n) is 6.48. The highest BCUT2D eigenvalue weighted by molar-refractivity contribution is 5.22. The first-order chi connectivity index (χ1) is 8.20. The molecule has 0 aromatic carbocycles. The molecule has 1 aliphatic rings. The molecule has 1 aliphatic carbocycles. The molecule has 1 unspecified atom stereocenters. The summed E-state index contributed by atoms with van der Waals surface area (Å²) in [4.78, 5) is 2.06. The van der Waals surface area contributed by atoms with Crippen LogP contribution in [0.2, 0.25) is 0 Å². The van der Waals surface area contributed by atoms with E-state index in [0.717, 1.165) is 25.4 Å². The van der Waals surface area contributed by atoms with Gasteiger partial charge >= 0.3 is 6.01 Å². The van der Waals surface area contributed by atoms with E-state index >= 15 is 0 Å². The molecule has 1 N–H and O–H groups in total. The molecule has 1 aromatic heterocycles. The van der Waals surface area contributed by atoms with Gasteiger partial charge < -0.3 is 14.6 Å². The average Bonchev–Trinajstić information content (AvgIpc) is 2.99. The molecular formula is C12H22N4O. The first-order valence-corrected chi connectivity index (χ1v) is 6.48. The van der Waals surface area contributed by atoms with Gasteiger partial charge in [0.25, 0.3) is 0 Å². The third-order valence-electron chi connectivity index (χ3n) is 3.06. The zero-order chi connectivity index (χ0) is 12.3. The number of hydrogen-bond acceptors (Lipinski definition) is 5. The molecule has 0 amide bonds. The molecule has 0 saturated heterocycles. The summed E-state index contributed by atoms with van der Waals surface area (Å²) in [5.41, 5.74) is 0. The second-order valence-corrected chi connectivity index (χ2v) is 4.92. The Labute approximate surface area is 103 Å². The summed E-state index contributed by atoms with van der Waals surface area (Å²) in [7, 11) is 2.01. The van der Waals surface area contributed by atoms with Gasteiger partial charge in [-0.15, -0.1) is 5.10 Å². The maximum Gasteiger partial charge on any atom is 0.317 e. The summed E-state index contributed by atoms with van der Waals surface area (Å²) in [5, 5.41) is 11.5. The van der Waals surface area contributed by atoms with Crippen LogP contribution in [-0.2, 0) is 0 Å². The molecule has 5 heteroatoms. The Hall–Kier alpha value is -1.10. The average molecular weight is 238 g/mol. The van der Waals surface area contributed by atoms with Crippen LogP contribution in [0.15, 0.2) is 4.42 Å². The molecular weight excluding hydrogens is 216 g/mol. The number of nitrogens with one attached hydrogen (secondary N) is 1. The van der Waals surface area contributed by atoms with Crippen molar-refractivity contribution < 1.29 is 4.42 Å². The van der Waals surface area contributed by atoms with Gasteiger partial charge in [-0.25, -0.2) is 0 Å². The molecule has 1 fully saturated rings. The van der Waals surface area contributed by atoms with Gasteiger partial charge in [-0.05, 0) is 38.6 Å². The zero-order valence-corrected chi connectivity index (χ0v) is 10.9. The topological polar surface area (TPSA) is 54.2 Å². The number of hydrogen-bond donors (Lipinski definition) is 1. The van der Waals surface area contributed by atoms with Crippen molar-refractivity contribution in [3.05, 3.63) is 5.89 Å². The van der Waals surface area contributed by atoms with E-state index in [1.54, 1.807) is 0 Å². The summed E-state index contributed by atoms with van der Waals surface area (Å²) in [5.74, 6) is 1.50. The van der Waals surface area contributed by atoms with Crippen LogP contribution in [0, 0.1) is 5.92 Å². The molecule has 1 heterocycles. The maximum atomic E-state index is 5.67. The minimum absolute atomic E-state index is 0.130. The molecule has 0 spiro atoms. The van der Waals surface area contributed by atoms with Crippen molar-refractivity contribution >= 4 is 6.01 Å². The Bertz CT molecular complexity index is 348. The Morgan fingerprint density at radius 2 is 2.24 bits per heavy atom. The van der Waals surface area contributed by atoms with Crippen LogP contribution in [0.25, 0.3) is 0 Å². The molecule has 17 heavy (non-hydrogen) atoms. The van der Waals surface area contributed by atoms with E-state index in [1.165, 1.54) is 12.8 Å². The largest absolute Gasteiger partial charge is 0.406 e. The number of anilines is 1. The summed E-state index contributed by atoms with van der Waals surface area (Å²) in [6.07, 6.45) is 3.77. The zero-order valence-electron chi connectivity index (χ0n) is 10.9. The van der Waals surface area contributed by atoms with E-state index in [9.17, 15) is 0 Å². The highest BCUT2D eigenvalue weighted by Gasteiger charge is 2.25. The van der Waals surface area contributed by atoms with Gasteiger partial charge in [-0.3, -0.25) is 0 Å². The molecule has 0 aliphatic heterocycles. The van der Waals surface area contributed by atoms with Crippen LogP contribution in [0.3, 0.4) is 0 Å². The predicted molar refractivity (Wildman–Crippen MR) is 67.0 cm³/mol. The number of nitrogens with zero attached hydrogens (tertiary/aromatic N) is 3. The van der Waals surface area contributed by atoms with Crippen molar-refractivity contribution in [2.75, 3.05) is 25.0 Å². The third-order valence-corrected chi connectivity index (χ3v) is 3.06. The van der Waals surface area contributed by atoms with Gasteiger partial charge in [0.1, 0.15) is 0 Å². The fourth-order valence-electron chi connectivity index (χ4n) is 1.77. The van der Waals surface area contributed by atoms with Gasteiger partial charge in [-0.1, -0.05) is 12.0 Å². The van der Waals surface area contributed by atoms with E-state index in [0.29, 0.717) is 11.9 Å². The monoisotopic (exact) mass is 238 g/mol.